The van der Waals surface area contributed by atoms with Crippen LogP contribution >= 0.6 is 0 Å². The zero-order valence-corrected chi connectivity index (χ0v) is 18.2. The van der Waals surface area contributed by atoms with E-state index in [2.05, 4.69) is 67.1 Å². The number of anilines is 1. The van der Waals surface area contributed by atoms with E-state index in [-0.39, 0.29) is 17.4 Å². The molecule has 158 valence electrons. The second-order valence-electron chi connectivity index (χ2n) is 10.1. The van der Waals surface area contributed by atoms with Gasteiger partial charge in [-0.2, -0.15) is 0 Å². The molecule has 2 aliphatic heterocycles. The molecule has 0 bridgehead atoms. The number of carbonyl (C=O) groups is 2. The van der Waals surface area contributed by atoms with Crippen LogP contribution in [0.1, 0.15) is 45.6 Å². The molecule has 3 fully saturated rings. The maximum atomic E-state index is 13.3. The molecular formula is C23H34N4O2. The first kappa shape index (κ1) is 20.2. The minimum absolute atomic E-state index is 0.0246. The molecule has 3 aliphatic rings. The summed E-state index contributed by atoms with van der Waals surface area (Å²) in [6, 6.07) is 8.23. The number of para-hydroxylation sites is 1. The van der Waals surface area contributed by atoms with Crippen molar-refractivity contribution in [3.63, 3.8) is 0 Å². The molecule has 1 aromatic carbocycles. The Labute approximate surface area is 174 Å². The predicted molar refractivity (Wildman–Crippen MR) is 115 cm³/mol. The standard InChI is InChI=1S/C23H34N4O2/c1-17-13-22(3,4)15-23(14-17)20(28)27(21(29)24-23)16-25-9-11-26(12-10-25)19-8-6-5-7-18(19)2/h5-8,17H,9-16H2,1-4H3,(H,24,29). The molecule has 29 heavy (non-hydrogen) atoms. The molecule has 2 atom stereocenters. The molecule has 1 aromatic rings. The summed E-state index contributed by atoms with van der Waals surface area (Å²) in [5.74, 6) is 0.407. The van der Waals surface area contributed by atoms with Gasteiger partial charge in [-0.3, -0.25) is 9.69 Å². The molecule has 0 radical (unpaired) electrons. The Bertz CT molecular complexity index is 800. The maximum absolute atomic E-state index is 13.3. The number of piperazine rings is 1. The van der Waals surface area contributed by atoms with Gasteiger partial charge in [-0.1, -0.05) is 39.0 Å². The number of carbonyl (C=O) groups excluding carboxylic acids is 2. The van der Waals surface area contributed by atoms with Crippen molar-refractivity contribution in [3.05, 3.63) is 29.8 Å². The van der Waals surface area contributed by atoms with Crippen LogP contribution in [0.4, 0.5) is 10.5 Å². The number of rotatable bonds is 3. The molecule has 6 heteroatoms. The van der Waals surface area contributed by atoms with Gasteiger partial charge in [0.05, 0.1) is 6.67 Å². The summed E-state index contributed by atoms with van der Waals surface area (Å²) in [7, 11) is 0. The lowest BCUT2D eigenvalue weighted by atomic mass is 9.64. The largest absolute Gasteiger partial charge is 0.369 e. The average Bonchev–Trinajstić information content (AvgIpc) is 2.84. The number of hydrogen-bond acceptors (Lipinski definition) is 4. The third-order valence-electron chi connectivity index (χ3n) is 6.79. The number of imide groups is 1. The second kappa shape index (κ2) is 7.31. The van der Waals surface area contributed by atoms with E-state index < -0.39 is 5.54 Å². The highest BCUT2D eigenvalue weighted by Crippen LogP contribution is 2.46. The Morgan fingerprint density at radius 3 is 2.41 bits per heavy atom. The highest BCUT2D eigenvalue weighted by Gasteiger charge is 2.56. The van der Waals surface area contributed by atoms with Crippen LogP contribution in [0.25, 0.3) is 0 Å². The molecule has 0 aromatic heterocycles. The van der Waals surface area contributed by atoms with Crippen molar-refractivity contribution in [1.29, 1.82) is 0 Å². The average molecular weight is 399 g/mol. The van der Waals surface area contributed by atoms with Crippen LogP contribution in [0, 0.1) is 18.3 Å². The van der Waals surface area contributed by atoms with E-state index in [0.29, 0.717) is 12.6 Å². The normalized spacial score (nSPS) is 30.1. The lowest BCUT2D eigenvalue weighted by molar-refractivity contribution is -0.136. The van der Waals surface area contributed by atoms with Crippen molar-refractivity contribution < 1.29 is 9.59 Å². The van der Waals surface area contributed by atoms with E-state index in [0.717, 1.165) is 45.4 Å². The smallest absolute Gasteiger partial charge is 0.326 e. The van der Waals surface area contributed by atoms with Crippen LogP contribution in [0.2, 0.25) is 0 Å². The highest BCUT2D eigenvalue weighted by atomic mass is 16.2. The molecule has 1 spiro atoms. The van der Waals surface area contributed by atoms with E-state index in [1.54, 1.807) is 0 Å². The summed E-state index contributed by atoms with van der Waals surface area (Å²) < 4.78 is 0. The number of urea groups is 1. The summed E-state index contributed by atoms with van der Waals surface area (Å²) in [6.45, 7) is 12.6. The summed E-state index contributed by atoms with van der Waals surface area (Å²) in [6.07, 6.45) is 2.57. The second-order valence-corrected chi connectivity index (χ2v) is 10.1. The third kappa shape index (κ3) is 3.87. The first-order valence-electron chi connectivity index (χ1n) is 10.9. The Morgan fingerprint density at radius 2 is 1.76 bits per heavy atom. The van der Waals surface area contributed by atoms with Crippen molar-refractivity contribution in [2.75, 3.05) is 37.7 Å². The maximum Gasteiger partial charge on any atom is 0.326 e. The monoisotopic (exact) mass is 398 g/mol. The van der Waals surface area contributed by atoms with Crippen LogP contribution < -0.4 is 10.2 Å². The number of benzene rings is 1. The molecule has 2 unspecified atom stereocenters. The number of nitrogens with zero attached hydrogens (tertiary/aromatic N) is 3. The Morgan fingerprint density at radius 1 is 1.07 bits per heavy atom. The Balaban J connectivity index is 1.40. The van der Waals surface area contributed by atoms with Gasteiger partial charge in [0, 0.05) is 31.9 Å². The van der Waals surface area contributed by atoms with E-state index >= 15 is 0 Å². The molecule has 4 rings (SSSR count). The van der Waals surface area contributed by atoms with Crippen molar-refractivity contribution in [2.24, 2.45) is 11.3 Å². The SMILES string of the molecule is Cc1ccccc1N1CCN(CN2C(=O)NC3(CC(C)CC(C)(C)C3)C2=O)CC1. The van der Waals surface area contributed by atoms with Gasteiger partial charge in [-0.25, -0.2) is 9.69 Å². The molecule has 1 aliphatic carbocycles. The Hall–Kier alpha value is -2.08. The zero-order chi connectivity index (χ0) is 20.8. The van der Waals surface area contributed by atoms with Crippen molar-refractivity contribution >= 4 is 17.6 Å². The van der Waals surface area contributed by atoms with Crippen LogP contribution in [-0.2, 0) is 4.79 Å². The summed E-state index contributed by atoms with van der Waals surface area (Å²) in [4.78, 5) is 32.1. The van der Waals surface area contributed by atoms with E-state index in [1.807, 2.05) is 0 Å². The number of aryl methyl sites for hydroxylation is 1. The zero-order valence-electron chi connectivity index (χ0n) is 18.2. The van der Waals surface area contributed by atoms with Crippen LogP contribution in [0.15, 0.2) is 24.3 Å². The first-order chi connectivity index (χ1) is 13.7. The molecule has 1 N–H and O–H groups in total. The quantitative estimate of drug-likeness (QED) is 0.795. The first-order valence-corrected chi connectivity index (χ1v) is 10.9. The Kier molecular flexibility index (Phi) is 5.09. The van der Waals surface area contributed by atoms with E-state index in [9.17, 15) is 9.59 Å². The minimum atomic E-state index is -0.707. The van der Waals surface area contributed by atoms with Crippen molar-refractivity contribution in [2.45, 2.75) is 52.5 Å². The minimum Gasteiger partial charge on any atom is -0.369 e. The van der Waals surface area contributed by atoms with Gasteiger partial charge in [0.2, 0.25) is 0 Å². The number of nitrogens with one attached hydrogen (secondary N) is 1. The van der Waals surface area contributed by atoms with Gasteiger partial charge >= 0.3 is 6.03 Å². The fourth-order valence-electron chi connectivity index (χ4n) is 5.88. The van der Waals surface area contributed by atoms with Crippen LogP contribution in [-0.4, -0.2) is 60.1 Å². The molecule has 6 nitrogen and oxygen atoms in total. The lowest BCUT2D eigenvalue weighted by Crippen LogP contribution is -2.55. The number of hydrogen-bond donors (Lipinski definition) is 1. The lowest BCUT2D eigenvalue weighted by Gasteiger charge is -2.44. The van der Waals surface area contributed by atoms with Crippen molar-refractivity contribution in [3.8, 4) is 0 Å². The number of amides is 3. The fourth-order valence-corrected chi connectivity index (χ4v) is 5.88. The molecule has 2 heterocycles. The third-order valence-corrected chi connectivity index (χ3v) is 6.79. The van der Waals surface area contributed by atoms with Crippen LogP contribution in [0.5, 0.6) is 0 Å². The summed E-state index contributed by atoms with van der Waals surface area (Å²) >= 11 is 0. The van der Waals surface area contributed by atoms with Crippen LogP contribution in [0.3, 0.4) is 0 Å². The molecular weight excluding hydrogens is 364 g/mol. The summed E-state index contributed by atoms with van der Waals surface area (Å²) in [5.41, 5.74) is 1.92. The van der Waals surface area contributed by atoms with E-state index in [4.69, 9.17) is 0 Å². The van der Waals surface area contributed by atoms with Gasteiger partial charge < -0.3 is 10.2 Å². The highest BCUT2D eigenvalue weighted by molar-refractivity contribution is 6.07. The fraction of sp³-hybridized carbons (Fsp3) is 0.652. The van der Waals surface area contributed by atoms with Gasteiger partial charge in [0.25, 0.3) is 5.91 Å². The molecule has 2 saturated heterocycles. The summed E-state index contributed by atoms with van der Waals surface area (Å²) in [5, 5.41) is 3.09. The molecule has 3 amide bonds. The topological polar surface area (TPSA) is 55.9 Å². The van der Waals surface area contributed by atoms with Gasteiger partial charge in [0.1, 0.15) is 5.54 Å². The molecule has 1 saturated carbocycles. The predicted octanol–water partition coefficient (Wildman–Crippen LogP) is 3.21. The van der Waals surface area contributed by atoms with Gasteiger partial charge in [0.15, 0.2) is 0 Å². The van der Waals surface area contributed by atoms with E-state index in [1.165, 1.54) is 16.2 Å². The van der Waals surface area contributed by atoms with Gasteiger partial charge in [-0.05, 0) is 49.1 Å². The van der Waals surface area contributed by atoms with Crippen molar-refractivity contribution in [1.82, 2.24) is 15.1 Å². The van der Waals surface area contributed by atoms with Gasteiger partial charge in [-0.15, -0.1) is 0 Å².